The van der Waals surface area contributed by atoms with Crippen molar-refractivity contribution >= 4 is 28.5 Å². The molecule has 3 amide bonds. The highest BCUT2D eigenvalue weighted by Crippen LogP contribution is 2.20. The number of nitrogens with one attached hydrogen (secondary N) is 1. The third-order valence-electron chi connectivity index (χ3n) is 5.69. The van der Waals surface area contributed by atoms with E-state index in [1.54, 1.807) is 4.90 Å². The van der Waals surface area contributed by atoms with Crippen LogP contribution >= 0.6 is 0 Å². The van der Waals surface area contributed by atoms with Crippen LogP contribution in [0.15, 0.2) is 42.5 Å². The summed E-state index contributed by atoms with van der Waals surface area (Å²) in [7, 11) is 0. The molecule has 1 saturated heterocycles. The van der Waals surface area contributed by atoms with E-state index in [1.165, 1.54) is 0 Å². The summed E-state index contributed by atoms with van der Waals surface area (Å²) in [5.74, 6) is -0.763. The number of nitrogens with two attached hydrogens (primary N) is 1. The topological polar surface area (TPSA) is 92.5 Å². The average molecular weight is 396 g/mol. The van der Waals surface area contributed by atoms with Gasteiger partial charge in [-0.3, -0.25) is 14.4 Å². The SMILES string of the molecule is CC(C)C(NC(=O)Cc1cccc2ccccc12)C(=O)N1CCC(C(N)=O)CC1. The summed E-state index contributed by atoms with van der Waals surface area (Å²) in [5, 5.41) is 5.08. The maximum Gasteiger partial charge on any atom is 0.245 e. The van der Waals surface area contributed by atoms with Gasteiger partial charge in [0.1, 0.15) is 6.04 Å². The Morgan fingerprint density at radius 2 is 1.72 bits per heavy atom. The molecule has 154 valence electrons. The molecule has 2 aromatic carbocycles. The fraction of sp³-hybridized carbons (Fsp3) is 0.435. The first-order valence-electron chi connectivity index (χ1n) is 10.2. The number of benzene rings is 2. The van der Waals surface area contributed by atoms with E-state index in [1.807, 2.05) is 56.3 Å². The molecule has 1 aliphatic heterocycles. The van der Waals surface area contributed by atoms with Gasteiger partial charge in [-0.05, 0) is 35.1 Å². The summed E-state index contributed by atoms with van der Waals surface area (Å²) in [6.07, 6.45) is 1.38. The Balaban J connectivity index is 1.66. The number of amides is 3. The van der Waals surface area contributed by atoms with Gasteiger partial charge >= 0.3 is 0 Å². The van der Waals surface area contributed by atoms with E-state index in [4.69, 9.17) is 5.73 Å². The zero-order valence-corrected chi connectivity index (χ0v) is 17.1. The summed E-state index contributed by atoms with van der Waals surface area (Å²) in [5.41, 5.74) is 6.32. The molecule has 0 radical (unpaired) electrons. The predicted octanol–water partition coefficient (Wildman–Crippen LogP) is 2.25. The summed E-state index contributed by atoms with van der Waals surface area (Å²) in [4.78, 5) is 38.9. The molecule has 0 aromatic heterocycles. The molecule has 1 atom stereocenters. The fourth-order valence-corrected chi connectivity index (χ4v) is 3.94. The van der Waals surface area contributed by atoms with Gasteiger partial charge in [-0.25, -0.2) is 0 Å². The van der Waals surface area contributed by atoms with Gasteiger partial charge in [0, 0.05) is 19.0 Å². The Bertz CT molecular complexity index is 896. The molecular weight excluding hydrogens is 366 g/mol. The lowest BCUT2D eigenvalue weighted by molar-refractivity contribution is -0.140. The third kappa shape index (κ3) is 4.94. The number of hydrogen-bond acceptors (Lipinski definition) is 3. The molecule has 3 rings (SSSR count). The molecule has 2 aromatic rings. The van der Waals surface area contributed by atoms with Crippen molar-refractivity contribution in [1.82, 2.24) is 10.2 Å². The maximum absolute atomic E-state index is 13.0. The maximum atomic E-state index is 13.0. The second-order valence-electron chi connectivity index (χ2n) is 8.11. The number of nitrogens with zero attached hydrogens (tertiary/aromatic N) is 1. The normalized spacial score (nSPS) is 16.0. The van der Waals surface area contributed by atoms with Crippen molar-refractivity contribution in [3.63, 3.8) is 0 Å². The first-order valence-corrected chi connectivity index (χ1v) is 10.2. The van der Waals surface area contributed by atoms with Crippen LogP contribution in [0.5, 0.6) is 0 Å². The van der Waals surface area contributed by atoms with Crippen molar-refractivity contribution in [2.45, 2.75) is 39.2 Å². The van der Waals surface area contributed by atoms with Gasteiger partial charge in [-0.15, -0.1) is 0 Å². The molecule has 1 unspecified atom stereocenters. The molecule has 1 heterocycles. The minimum Gasteiger partial charge on any atom is -0.369 e. The monoisotopic (exact) mass is 395 g/mol. The lowest BCUT2D eigenvalue weighted by Gasteiger charge is -2.34. The van der Waals surface area contributed by atoms with Crippen LogP contribution in [0.1, 0.15) is 32.3 Å². The van der Waals surface area contributed by atoms with Crippen LogP contribution in [0.2, 0.25) is 0 Å². The average Bonchev–Trinajstić information content (AvgIpc) is 2.71. The number of likely N-dealkylation sites (tertiary alicyclic amines) is 1. The molecule has 0 spiro atoms. The van der Waals surface area contributed by atoms with Gasteiger partial charge in [0.2, 0.25) is 17.7 Å². The summed E-state index contributed by atoms with van der Waals surface area (Å²) >= 11 is 0. The quantitative estimate of drug-likeness (QED) is 0.786. The molecule has 0 aliphatic carbocycles. The Morgan fingerprint density at radius 1 is 1.07 bits per heavy atom. The lowest BCUT2D eigenvalue weighted by Crippen LogP contribution is -2.53. The van der Waals surface area contributed by atoms with E-state index in [0.29, 0.717) is 25.9 Å². The minimum atomic E-state index is -0.581. The van der Waals surface area contributed by atoms with Crippen LogP contribution < -0.4 is 11.1 Å². The Morgan fingerprint density at radius 3 is 2.38 bits per heavy atom. The second kappa shape index (κ2) is 9.07. The Labute approximate surface area is 171 Å². The largest absolute Gasteiger partial charge is 0.369 e. The number of piperidine rings is 1. The standard InChI is InChI=1S/C23H29N3O3/c1-15(2)21(23(29)26-12-10-17(11-13-26)22(24)28)25-20(27)14-18-8-5-7-16-6-3-4-9-19(16)18/h3-9,15,17,21H,10-14H2,1-2H3,(H2,24,28)(H,25,27). The van der Waals surface area contributed by atoms with Gasteiger partial charge in [-0.1, -0.05) is 56.3 Å². The minimum absolute atomic E-state index is 0.0344. The van der Waals surface area contributed by atoms with Crippen LogP contribution in [-0.4, -0.2) is 41.8 Å². The van der Waals surface area contributed by atoms with E-state index < -0.39 is 6.04 Å². The number of carbonyl (C=O) groups excluding carboxylic acids is 3. The zero-order valence-electron chi connectivity index (χ0n) is 17.1. The van der Waals surface area contributed by atoms with Crippen LogP contribution in [0.3, 0.4) is 0 Å². The molecule has 6 heteroatoms. The van der Waals surface area contributed by atoms with Gasteiger partial charge in [0.15, 0.2) is 0 Å². The van der Waals surface area contributed by atoms with E-state index >= 15 is 0 Å². The number of primary amides is 1. The van der Waals surface area contributed by atoms with Crippen LogP contribution in [0.4, 0.5) is 0 Å². The predicted molar refractivity (Wildman–Crippen MR) is 113 cm³/mol. The van der Waals surface area contributed by atoms with Crippen LogP contribution in [-0.2, 0) is 20.8 Å². The number of fused-ring (bicyclic) bond motifs is 1. The van der Waals surface area contributed by atoms with E-state index in [0.717, 1.165) is 16.3 Å². The molecular formula is C23H29N3O3. The molecule has 0 bridgehead atoms. The molecule has 1 aliphatic rings. The van der Waals surface area contributed by atoms with Gasteiger partial charge in [0.25, 0.3) is 0 Å². The number of carbonyl (C=O) groups is 3. The highest BCUT2D eigenvalue weighted by Gasteiger charge is 2.32. The molecule has 0 saturated carbocycles. The Kier molecular flexibility index (Phi) is 6.52. The van der Waals surface area contributed by atoms with Crippen molar-refractivity contribution in [3.05, 3.63) is 48.0 Å². The van der Waals surface area contributed by atoms with E-state index in [2.05, 4.69) is 5.32 Å². The first kappa shape index (κ1) is 20.8. The van der Waals surface area contributed by atoms with E-state index in [-0.39, 0.29) is 36.0 Å². The van der Waals surface area contributed by atoms with Gasteiger partial charge < -0.3 is 16.0 Å². The number of rotatable bonds is 6. The van der Waals surface area contributed by atoms with Crippen molar-refractivity contribution in [2.24, 2.45) is 17.6 Å². The molecule has 6 nitrogen and oxygen atoms in total. The van der Waals surface area contributed by atoms with Crippen molar-refractivity contribution in [1.29, 1.82) is 0 Å². The summed E-state index contributed by atoms with van der Waals surface area (Å²) < 4.78 is 0. The van der Waals surface area contributed by atoms with Crippen LogP contribution in [0, 0.1) is 11.8 Å². The smallest absolute Gasteiger partial charge is 0.245 e. The van der Waals surface area contributed by atoms with Gasteiger partial charge in [-0.2, -0.15) is 0 Å². The highest BCUT2D eigenvalue weighted by atomic mass is 16.2. The zero-order chi connectivity index (χ0) is 21.0. The molecule has 3 N–H and O–H groups in total. The first-order chi connectivity index (χ1) is 13.9. The summed E-state index contributed by atoms with van der Waals surface area (Å²) in [6, 6.07) is 13.3. The van der Waals surface area contributed by atoms with Gasteiger partial charge in [0.05, 0.1) is 6.42 Å². The highest BCUT2D eigenvalue weighted by molar-refractivity contribution is 5.92. The van der Waals surface area contributed by atoms with Crippen LogP contribution in [0.25, 0.3) is 10.8 Å². The van der Waals surface area contributed by atoms with E-state index in [9.17, 15) is 14.4 Å². The lowest BCUT2D eigenvalue weighted by atomic mass is 9.94. The fourth-order valence-electron chi connectivity index (χ4n) is 3.94. The molecule has 29 heavy (non-hydrogen) atoms. The van der Waals surface area contributed by atoms with Crippen molar-refractivity contribution < 1.29 is 14.4 Å². The summed E-state index contributed by atoms with van der Waals surface area (Å²) in [6.45, 7) is 4.84. The number of hydrogen-bond donors (Lipinski definition) is 2. The van der Waals surface area contributed by atoms with Crippen molar-refractivity contribution in [2.75, 3.05) is 13.1 Å². The molecule has 1 fully saturated rings. The second-order valence-corrected chi connectivity index (χ2v) is 8.11. The van der Waals surface area contributed by atoms with Crippen molar-refractivity contribution in [3.8, 4) is 0 Å². The Hall–Kier alpha value is -2.89. The third-order valence-corrected chi connectivity index (χ3v) is 5.69.